The lowest BCUT2D eigenvalue weighted by molar-refractivity contribution is 0.0292. The van der Waals surface area contributed by atoms with Crippen LogP contribution in [0.4, 0.5) is 5.88 Å². The lowest BCUT2D eigenvalue weighted by atomic mass is 10.1. The summed E-state index contributed by atoms with van der Waals surface area (Å²) in [6.45, 7) is 12.5. The molecule has 0 spiro atoms. The third-order valence-corrected chi connectivity index (χ3v) is 6.87. The molecule has 1 saturated heterocycles. The Hall–Kier alpha value is -2.71. The molecule has 36 heavy (non-hydrogen) atoms. The van der Waals surface area contributed by atoms with E-state index in [4.69, 9.17) is 9.26 Å². The van der Waals surface area contributed by atoms with Crippen LogP contribution in [-0.2, 0) is 17.7 Å². The molecule has 1 aliphatic rings. The van der Waals surface area contributed by atoms with Crippen LogP contribution in [0.5, 0.6) is 0 Å². The molecule has 7 nitrogen and oxygen atoms in total. The van der Waals surface area contributed by atoms with Gasteiger partial charge in [0, 0.05) is 57.9 Å². The molecule has 1 unspecified atom stereocenters. The number of aromatic nitrogens is 1. The van der Waals surface area contributed by atoms with Crippen molar-refractivity contribution in [3.05, 3.63) is 71.8 Å². The minimum atomic E-state index is -0.464. The van der Waals surface area contributed by atoms with Gasteiger partial charge in [0.15, 0.2) is 0 Å². The van der Waals surface area contributed by atoms with Crippen molar-refractivity contribution in [3.63, 3.8) is 0 Å². The predicted molar refractivity (Wildman–Crippen MR) is 144 cm³/mol. The second-order valence-electron chi connectivity index (χ2n) is 9.39. The molecule has 194 valence electrons. The Balaban J connectivity index is 1.57. The van der Waals surface area contributed by atoms with E-state index in [1.807, 2.05) is 36.4 Å². The van der Waals surface area contributed by atoms with Crippen LogP contribution in [-0.4, -0.2) is 85.2 Å². The normalized spacial score (nSPS) is 15.3. The molecule has 1 atom stereocenters. The van der Waals surface area contributed by atoms with Gasteiger partial charge in [0.25, 0.3) is 0 Å². The Kier molecular flexibility index (Phi) is 9.93. The minimum absolute atomic E-state index is 0.464. The van der Waals surface area contributed by atoms with E-state index in [9.17, 15) is 5.11 Å². The fourth-order valence-electron chi connectivity index (χ4n) is 4.84. The molecule has 7 heteroatoms. The Labute approximate surface area is 215 Å². The van der Waals surface area contributed by atoms with E-state index in [0.29, 0.717) is 19.5 Å². The van der Waals surface area contributed by atoms with Crippen molar-refractivity contribution in [2.45, 2.75) is 32.9 Å². The van der Waals surface area contributed by atoms with E-state index in [1.54, 1.807) is 0 Å². The van der Waals surface area contributed by atoms with Gasteiger partial charge in [-0.2, -0.15) is 0 Å². The number of anilines is 1. The van der Waals surface area contributed by atoms with Gasteiger partial charge >= 0.3 is 0 Å². The van der Waals surface area contributed by atoms with Crippen LogP contribution in [0.2, 0.25) is 0 Å². The van der Waals surface area contributed by atoms with Gasteiger partial charge in [0.1, 0.15) is 5.69 Å². The smallest absolute Gasteiger partial charge is 0.232 e. The van der Waals surface area contributed by atoms with Crippen molar-refractivity contribution >= 4 is 5.88 Å². The highest BCUT2D eigenvalue weighted by atomic mass is 16.5. The van der Waals surface area contributed by atoms with Gasteiger partial charge in [0.2, 0.25) is 5.88 Å². The summed E-state index contributed by atoms with van der Waals surface area (Å²) in [5, 5.41) is 15.6. The van der Waals surface area contributed by atoms with Crippen molar-refractivity contribution in [2.24, 2.45) is 0 Å². The number of aliphatic hydroxyl groups is 1. The molecule has 0 saturated carbocycles. The Morgan fingerprint density at radius 1 is 0.972 bits per heavy atom. The summed E-state index contributed by atoms with van der Waals surface area (Å²) in [7, 11) is 0. The summed E-state index contributed by atoms with van der Waals surface area (Å²) in [4.78, 5) is 7.02. The zero-order chi connectivity index (χ0) is 25.2. The lowest BCUT2D eigenvalue weighted by Crippen LogP contribution is -2.43. The molecular formula is C29H40N4O3. The van der Waals surface area contributed by atoms with Crippen LogP contribution >= 0.6 is 0 Å². The standard InChI is InChI=1S/C29H40N4O3/c1-3-33(4-2)29-27(28(30-36-29)25-13-9-6-10-14-25)23-32(16-15-31-17-19-35-20-18-31)22-26(34)21-24-11-7-5-8-12-24/h5-14,26,34H,3-4,15-23H2,1-2H3. The van der Waals surface area contributed by atoms with Crippen molar-refractivity contribution in [2.75, 3.05) is 63.9 Å². The molecule has 2 heterocycles. The topological polar surface area (TPSA) is 65.2 Å². The number of morpholine rings is 1. The van der Waals surface area contributed by atoms with E-state index in [1.165, 1.54) is 0 Å². The van der Waals surface area contributed by atoms with E-state index in [2.05, 4.69) is 58.0 Å². The van der Waals surface area contributed by atoms with Crippen LogP contribution in [0, 0.1) is 0 Å². The van der Waals surface area contributed by atoms with Gasteiger partial charge in [-0.25, -0.2) is 0 Å². The van der Waals surface area contributed by atoms with Gasteiger partial charge in [-0.15, -0.1) is 0 Å². The third kappa shape index (κ3) is 7.17. The van der Waals surface area contributed by atoms with Crippen molar-refractivity contribution in [1.82, 2.24) is 15.0 Å². The lowest BCUT2D eigenvalue weighted by Gasteiger charge is -2.31. The fourth-order valence-corrected chi connectivity index (χ4v) is 4.84. The highest BCUT2D eigenvalue weighted by Crippen LogP contribution is 2.32. The minimum Gasteiger partial charge on any atom is -0.391 e. The summed E-state index contributed by atoms with van der Waals surface area (Å²) in [6.07, 6.45) is 0.168. The van der Waals surface area contributed by atoms with Crippen LogP contribution in [0.15, 0.2) is 65.2 Å². The van der Waals surface area contributed by atoms with Crippen LogP contribution < -0.4 is 4.90 Å². The molecule has 0 radical (unpaired) electrons. The number of nitrogens with zero attached hydrogens (tertiary/aromatic N) is 4. The number of aliphatic hydroxyl groups excluding tert-OH is 1. The summed E-state index contributed by atoms with van der Waals surface area (Å²) in [5.41, 5.74) is 4.16. The maximum atomic E-state index is 11.1. The Bertz CT molecular complexity index is 1020. The molecule has 0 amide bonds. The van der Waals surface area contributed by atoms with Gasteiger partial charge in [-0.1, -0.05) is 65.8 Å². The summed E-state index contributed by atoms with van der Waals surface area (Å²) in [6, 6.07) is 20.5. The van der Waals surface area contributed by atoms with Gasteiger partial charge in [-0.3, -0.25) is 9.80 Å². The molecule has 3 aromatic rings. The average molecular weight is 493 g/mol. The Morgan fingerprint density at radius 2 is 1.64 bits per heavy atom. The number of rotatable bonds is 13. The largest absolute Gasteiger partial charge is 0.391 e. The van der Waals surface area contributed by atoms with Crippen molar-refractivity contribution in [3.8, 4) is 11.3 Å². The number of hydrogen-bond donors (Lipinski definition) is 1. The molecule has 1 N–H and O–H groups in total. The zero-order valence-corrected chi connectivity index (χ0v) is 21.7. The van der Waals surface area contributed by atoms with Crippen molar-refractivity contribution < 1.29 is 14.4 Å². The summed E-state index contributed by atoms with van der Waals surface area (Å²) in [5.74, 6) is 0.827. The molecule has 0 bridgehead atoms. The predicted octanol–water partition coefficient (Wildman–Crippen LogP) is 3.93. The van der Waals surface area contributed by atoms with Crippen LogP contribution in [0.25, 0.3) is 11.3 Å². The second kappa shape index (κ2) is 13.6. The van der Waals surface area contributed by atoms with E-state index in [0.717, 1.165) is 80.8 Å². The quantitative estimate of drug-likeness (QED) is 0.388. The third-order valence-electron chi connectivity index (χ3n) is 6.87. The first-order chi connectivity index (χ1) is 17.7. The fraction of sp³-hybridized carbons (Fsp3) is 0.483. The van der Waals surface area contributed by atoms with Gasteiger partial charge < -0.3 is 19.3 Å². The van der Waals surface area contributed by atoms with Crippen LogP contribution in [0.1, 0.15) is 25.0 Å². The monoisotopic (exact) mass is 492 g/mol. The highest BCUT2D eigenvalue weighted by Gasteiger charge is 2.25. The second-order valence-corrected chi connectivity index (χ2v) is 9.39. The Morgan fingerprint density at radius 3 is 2.31 bits per heavy atom. The number of ether oxygens (including phenoxy) is 1. The average Bonchev–Trinajstić information content (AvgIpc) is 3.33. The molecule has 4 rings (SSSR count). The maximum absolute atomic E-state index is 11.1. The van der Waals surface area contributed by atoms with Gasteiger partial charge in [-0.05, 0) is 25.8 Å². The molecule has 2 aromatic carbocycles. The number of benzene rings is 2. The molecule has 1 aliphatic heterocycles. The van der Waals surface area contributed by atoms with Crippen molar-refractivity contribution in [1.29, 1.82) is 0 Å². The summed E-state index contributed by atoms with van der Waals surface area (Å²) >= 11 is 0. The first-order valence-corrected chi connectivity index (χ1v) is 13.2. The summed E-state index contributed by atoms with van der Waals surface area (Å²) < 4.78 is 11.5. The zero-order valence-electron chi connectivity index (χ0n) is 21.7. The van der Waals surface area contributed by atoms with Gasteiger partial charge in [0.05, 0.1) is 24.9 Å². The first kappa shape index (κ1) is 26.4. The van der Waals surface area contributed by atoms with E-state index >= 15 is 0 Å². The highest BCUT2D eigenvalue weighted by molar-refractivity contribution is 5.68. The molecular weight excluding hydrogens is 452 g/mol. The maximum Gasteiger partial charge on any atom is 0.232 e. The first-order valence-electron chi connectivity index (χ1n) is 13.2. The number of hydrogen-bond acceptors (Lipinski definition) is 7. The van der Waals surface area contributed by atoms with E-state index < -0.39 is 6.10 Å². The van der Waals surface area contributed by atoms with Crippen LogP contribution in [0.3, 0.4) is 0 Å². The molecule has 1 fully saturated rings. The van der Waals surface area contributed by atoms with E-state index in [-0.39, 0.29) is 0 Å². The molecule has 0 aliphatic carbocycles. The SMILES string of the molecule is CCN(CC)c1onc(-c2ccccc2)c1CN(CCN1CCOCC1)CC(O)Cc1ccccc1. The molecule has 1 aromatic heterocycles.